The third-order valence-corrected chi connectivity index (χ3v) is 2.34. The minimum atomic E-state index is -1.12. The lowest BCUT2D eigenvalue weighted by molar-refractivity contribution is 0.0690. The first-order chi connectivity index (χ1) is 8.47. The van der Waals surface area contributed by atoms with Crippen LogP contribution in [0.15, 0.2) is 23.1 Å². The average Bonchev–Trinajstić information content (AvgIpc) is 2.77. The molecule has 0 atom stereocenters. The van der Waals surface area contributed by atoms with Gasteiger partial charge in [-0.05, 0) is 6.07 Å². The summed E-state index contributed by atoms with van der Waals surface area (Å²) in [4.78, 5) is 29.1. The van der Waals surface area contributed by atoms with Crippen LogP contribution in [-0.4, -0.2) is 30.8 Å². The lowest BCUT2D eigenvalue weighted by Gasteiger charge is -2.06. The lowest BCUT2D eigenvalue weighted by Crippen LogP contribution is -2.15. The SMILES string of the molecule is CC(C)c1nc(-n2ccc(C(=O)O)n2)cc(=O)[nH]1. The van der Waals surface area contributed by atoms with E-state index in [-0.39, 0.29) is 17.2 Å². The molecule has 0 aliphatic heterocycles. The summed E-state index contributed by atoms with van der Waals surface area (Å²) in [5.74, 6) is -0.227. The van der Waals surface area contributed by atoms with Crippen LogP contribution in [0.5, 0.6) is 0 Å². The number of hydrogen-bond acceptors (Lipinski definition) is 4. The van der Waals surface area contributed by atoms with Crippen LogP contribution in [0.25, 0.3) is 5.82 Å². The Morgan fingerprint density at radius 3 is 2.78 bits per heavy atom. The van der Waals surface area contributed by atoms with Crippen LogP contribution in [0.3, 0.4) is 0 Å². The van der Waals surface area contributed by atoms with Gasteiger partial charge in [0.1, 0.15) is 5.82 Å². The number of aromatic nitrogens is 4. The predicted octanol–water partition coefficient (Wildman–Crippen LogP) is 0.777. The molecule has 0 aliphatic carbocycles. The number of aromatic carboxylic acids is 1. The van der Waals surface area contributed by atoms with Gasteiger partial charge in [0.15, 0.2) is 11.5 Å². The molecule has 0 aromatic carbocycles. The fourth-order valence-electron chi connectivity index (χ4n) is 1.42. The van der Waals surface area contributed by atoms with Crippen LogP contribution in [-0.2, 0) is 0 Å². The van der Waals surface area contributed by atoms with Crippen molar-refractivity contribution in [2.24, 2.45) is 0 Å². The van der Waals surface area contributed by atoms with Crippen molar-refractivity contribution in [3.05, 3.63) is 40.2 Å². The molecule has 0 bridgehead atoms. The molecule has 2 rings (SSSR count). The number of rotatable bonds is 3. The number of H-pyrrole nitrogens is 1. The highest BCUT2D eigenvalue weighted by Crippen LogP contribution is 2.09. The summed E-state index contributed by atoms with van der Waals surface area (Å²) >= 11 is 0. The molecule has 0 fully saturated rings. The molecule has 0 saturated heterocycles. The zero-order chi connectivity index (χ0) is 13.3. The highest BCUT2D eigenvalue weighted by molar-refractivity contribution is 5.85. The quantitative estimate of drug-likeness (QED) is 0.835. The number of carbonyl (C=O) groups is 1. The number of nitrogens with one attached hydrogen (secondary N) is 1. The molecule has 0 aliphatic rings. The molecule has 2 heterocycles. The van der Waals surface area contributed by atoms with Gasteiger partial charge in [0.05, 0.1) is 0 Å². The zero-order valence-corrected chi connectivity index (χ0v) is 9.91. The molecule has 2 N–H and O–H groups in total. The monoisotopic (exact) mass is 248 g/mol. The fraction of sp³-hybridized carbons (Fsp3) is 0.273. The van der Waals surface area contributed by atoms with Crippen molar-refractivity contribution in [1.82, 2.24) is 19.7 Å². The maximum Gasteiger partial charge on any atom is 0.356 e. The molecule has 94 valence electrons. The average molecular weight is 248 g/mol. The second-order valence-electron chi connectivity index (χ2n) is 4.09. The molecule has 0 unspecified atom stereocenters. The highest BCUT2D eigenvalue weighted by Gasteiger charge is 2.10. The summed E-state index contributed by atoms with van der Waals surface area (Å²) in [7, 11) is 0. The largest absolute Gasteiger partial charge is 0.476 e. The van der Waals surface area contributed by atoms with Crippen LogP contribution in [0.1, 0.15) is 36.1 Å². The van der Waals surface area contributed by atoms with Gasteiger partial charge in [0, 0.05) is 18.2 Å². The van der Waals surface area contributed by atoms with Crippen molar-refractivity contribution in [3.8, 4) is 5.82 Å². The molecule has 0 spiro atoms. The van der Waals surface area contributed by atoms with Crippen LogP contribution in [0.4, 0.5) is 0 Å². The number of carboxylic acids is 1. The van der Waals surface area contributed by atoms with Crippen molar-refractivity contribution in [1.29, 1.82) is 0 Å². The van der Waals surface area contributed by atoms with E-state index in [1.165, 1.54) is 23.0 Å². The van der Waals surface area contributed by atoms with Gasteiger partial charge in [-0.1, -0.05) is 13.8 Å². The van der Waals surface area contributed by atoms with E-state index in [0.29, 0.717) is 11.6 Å². The Bertz CT molecular complexity index is 642. The Hall–Kier alpha value is -2.44. The summed E-state index contributed by atoms with van der Waals surface area (Å²) in [5.41, 5.74) is -0.390. The minimum absolute atomic E-state index is 0.0622. The van der Waals surface area contributed by atoms with E-state index in [1.807, 2.05) is 13.8 Å². The Labute approximate surface area is 102 Å². The normalized spacial score (nSPS) is 10.8. The van der Waals surface area contributed by atoms with Gasteiger partial charge in [0.25, 0.3) is 5.56 Å². The summed E-state index contributed by atoms with van der Waals surface area (Å²) in [6.07, 6.45) is 1.45. The molecule has 2 aromatic rings. The summed E-state index contributed by atoms with van der Waals surface area (Å²) in [5, 5.41) is 12.6. The van der Waals surface area contributed by atoms with E-state index in [9.17, 15) is 9.59 Å². The maximum atomic E-state index is 11.5. The van der Waals surface area contributed by atoms with Gasteiger partial charge in [-0.2, -0.15) is 5.10 Å². The minimum Gasteiger partial charge on any atom is -0.476 e. The summed E-state index contributed by atoms with van der Waals surface area (Å²) < 4.78 is 1.27. The van der Waals surface area contributed by atoms with Crippen LogP contribution < -0.4 is 5.56 Å². The van der Waals surface area contributed by atoms with E-state index >= 15 is 0 Å². The van der Waals surface area contributed by atoms with Gasteiger partial charge < -0.3 is 10.1 Å². The van der Waals surface area contributed by atoms with E-state index in [2.05, 4.69) is 15.1 Å². The number of aromatic amines is 1. The number of carboxylic acid groups (broad SMARTS) is 1. The van der Waals surface area contributed by atoms with Crippen molar-refractivity contribution >= 4 is 5.97 Å². The van der Waals surface area contributed by atoms with Gasteiger partial charge in [-0.15, -0.1) is 0 Å². The third-order valence-electron chi connectivity index (χ3n) is 2.34. The van der Waals surface area contributed by atoms with Crippen molar-refractivity contribution in [2.45, 2.75) is 19.8 Å². The van der Waals surface area contributed by atoms with E-state index in [4.69, 9.17) is 5.11 Å². The molecular weight excluding hydrogens is 236 g/mol. The fourth-order valence-corrected chi connectivity index (χ4v) is 1.42. The Morgan fingerprint density at radius 1 is 1.50 bits per heavy atom. The Balaban J connectivity index is 2.49. The maximum absolute atomic E-state index is 11.5. The smallest absolute Gasteiger partial charge is 0.356 e. The molecule has 18 heavy (non-hydrogen) atoms. The zero-order valence-electron chi connectivity index (χ0n) is 9.91. The van der Waals surface area contributed by atoms with Crippen molar-refractivity contribution in [2.75, 3.05) is 0 Å². The summed E-state index contributed by atoms with van der Waals surface area (Å²) in [6, 6.07) is 2.62. The highest BCUT2D eigenvalue weighted by atomic mass is 16.4. The van der Waals surface area contributed by atoms with Gasteiger partial charge >= 0.3 is 5.97 Å². The van der Waals surface area contributed by atoms with E-state index < -0.39 is 5.97 Å². The first-order valence-corrected chi connectivity index (χ1v) is 5.38. The second-order valence-corrected chi connectivity index (χ2v) is 4.09. The molecule has 7 nitrogen and oxygen atoms in total. The number of nitrogens with zero attached hydrogens (tertiary/aromatic N) is 3. The van der Waals surface area contributed by atoms with Crippen LogP contribution in [0.2, 0.25) is 0 Å². The van der Waals surface area contributed by atoms with E-state index in [1.54, 1.807) is 0 Å². The van der Waals surface area contributed by atoms with Crippen molar-refractivity contribution in [3.63, 3.8) is 0 Å². The topological polar surface area (TPSA) is 101 Å². The van der Waals surface area contributed by atoms with Gasteiger partial charge in [-0.25, -0.2) is 14.5 Å². The predicted molar refractivity (Wildman–Crippen MR) is 63.0 cm³/mol. The third kappa shape index (κ3) is 2.29. The first-order valence-electron chi connectivity index (χ1n) is 5.38. The van der Waals surface area contributed by atoms with Crippen LogP contribution >= 0.6 is 0 Å². The van der Waals surface area contributed by atoms with Crippen LogP contribution in [0, 0.1) is 0 Å². The first kappa shape index (κ1) is 12.0. The molecule has 0 saturated carbocycles. The molecule has 0 amide bonds. The van der Waals surface area contributed by atoms with Crippen molar-refractivity contribution < 1.29 is 9.90 Å². The summed E-state index contributed by atoms with van der Waals surface area (Å²) in [6.45, 7) is 3.79. The molecular formula is C11H12N4O3. The van der Waals surface area contributed by atoms with E-state index in [0.717, 1.165) is 0 Å². The Kier molecular flexibility index (Phi) is 2.97. The molecule has 2 aromatic heterocycles. The Morgan fingerprint density at radius 2 is 2.22 bits per heavy atom. The molecule has 7 heteroatoms. The standard InChI is InChI=1S/C11H12N4O3/c1-6(2)10-12-8(5-9(16)13-10)15-4-3-7(14-15)11(17)18/h3-6H,1-2H3,(H,17,18)(H,12,13,16). The van der Waals surface area contributed by atoms with Gasteiger partial charge in [0.2, 0.25) is 0 Å². The number of hydrogen-bond donors (Lipinski definition) is 2. The lowest BCUT2D eigenvalue weighted by atomic mass is 10.2. The van der Waals surface area contributed by atoms with Gasteiger partial charge in [-0.3, -0.25) is 4.79 Å². The molecule has 0 radical (unpaired) electrons. The second kappa shape index (κ2) is 4.44.